The summed E-state index contributed by atoms with van der Waals surface area (Å²) in [5, 5.41) is 0.961. The molecule has 0 saturated heterocycles. The minimum atomic E-state index is -0.120. The summed E-state index contributed by atoms with van der Waals surface area (Å²) in [5.74, 6) is 0. The summed E-state index contributed by atoms with van der Waals surface area (Å²) in [4.78, 5) is 0. The van der Waals surface area contributed by atoms with E-state index in [-0.39, 0.29) is 15.0 Å². The van der Waals surface area contributed by atoms with Crippen LogP contribution in [0, 0.1) is 0 Å². The van der Waals surface area contributed by atoms with Crippen LogP contribution in [0.3, 0.4) is 0 Å². The van der Waals surface area contributed by atoms with E-state index in [0.29, 0.717) is 26.8 Å². The van der Waals surface area contributed by atoms with Crippen molar-refractivity contribution in [3.05, 3.63) is 16.1 Å². The molecule has 1 aromatic heterocycles. The molecule has 6 heteroatoms. The Morgan fingerprint density at radius 2 is 1.83 bits per heavy atom. The van der Waals surface area contributed by atoms with Crippen molar-refractivity contribution in [2.45, 2.75) is 0 Å². The van der Waals surface area contributed by atoms with Crippen LogP contribution in [0.2, 0.25) is 10.0 Å². The van der Waals surface area contributed by atoms with Crippen molar-refractivity contribution in [1.29, 1.82) is 0 Å². The molecular weight excluding hydrogens is 264 g/mol. The fourth-order valence-electron chi connectivity index (χ4n) is 0.892. The second-order valence-electron chi connectivity index (χ2n) is 2.22. The normalized spacial score (nSPS) is 10.8. The summed E-state index contributed by atoms with van der Waals surface area (Å²) in [7, 11) is 0. The summed E-state index contributed by atoms with van der Waals surface area (Å²) in [6.45, 7) is 0. The van der Waals surface area contributed by atoms with Crippen molar-refractivity contribution in [3.8, 4) is 0 Å². The van der Waals surface area contributed by atoms with Crippen molar-refractivity contribution in [2.75, 3.05) is 5.73 Å². The maximum atomic E-state index is 5.86. The van der Waals surface area contributed by atoms with Gasteiger partial charge < -0.3 is 0 Å². The van der Waals surface area contributed by atoms with Crippen molar-refractivity contribution in [3.63, 3.8) is 0 Å². The molecule has 0 radical (unpaired) electrons. The van der Waals surface area contributed by atoms with Gasteiger partial charge in [0.15, 0.2) is 0 Å². The van der Waals surface area contributed by atoms with Crippen LogP contribution < -0.4 is 5.73 Å². The van der Waals surface area contributed by atoms with E-state index in [9.17, 15) is 0 Å². The molecule has 0 fully saturated rings. The summed E-state index contributed by atoms with van der Waals surface area (Å²) < 4.78 is 8.25. The molecule has 0 aliphatic carbocycles. The Balaban J connectivity index is 2.97. The number of benzene rings is 1. The van der Waals surface area contributed by atoms with Gasteiger partial charge in [0.25, 0.3) is 0 Å². The first-order chi connectivity index (χ1) is 5.70. The average Bonchev–Trinajstić information content (AvgIpc) is 2.48. The van der Waals surface area contributed by atoms with E-state index in [1.807, 2.05) is 0 Å². The van der Waals surface area contributed by atoms with E-state index in [1.165, 1.54) is 0 Å². The molecule has 0 atom stereocenters. The molecule has 0 saturated carbocycles. The van der Waals surface area contributed by atoms with Crippen LogP contribution in [0.5, 0.6) is 0 Å². The van der Waals surface area contributed by atoms with E-state index in [4.69, 9.17) is 28.9 Å². The summed E-state index contributed by atoms with van der Waals surface area (Å²) in [6.07, 6.45) is 0. The molecule has 3 nitrogen and oxygen atoms in total. The monoisotopic (exact) mass is 267 g/mol. The summed E-state index contributed by atoms with van der Waals surface area (Å²) in [6, 6.07) is 1.59. The van der Waals surface area contributed by atoms with Crippen LogP contribution in [-0.4, -0.2) is 22.9 Å². The molecule has 0 spiro atoms. The Bertz CT molecular complexity index is 440. The standard InChI is InChI=1S/C6H3Cl2N3Se/c7-2-1-3(8)5-6(4(2)9)11-12-10-5/h1H,9H2. The zero-order valence-corrected chi connectivity index (χ0v) is 8.94. The van der Waals surface area contributed by atoms with Crippen molar-refractivity contribution < 1.29 is 0 Å². The van der Waals surface area contributed by atoms with Crippen LogP contribution in [0.1, 0.15) is 0 Å². The molecular formula is C6H3Cl2N3Se. The van der Waals surface area contributed by atoms with Crippen LogP contribution in [0.25, 0.3) is 11.0 Å². The first-order valence-corrected chi connectivity index (χ1v) is 5.34. The molecule has 0 amide bonds. The number of hydrogen-bond acceptors (Lipinski definition) is 3. The van der Waals surface area contributed by atoms with Gasteiger partial charge in [0, 0.05) is 0 Å². The van der Waals surface area contributed by atoms with E-state index in [2.05, 4.69) is 7.96 Å². The molecule has 2 rings (SSSR count). The third kappa shape index (κ3) is 1.12. The van der Waals surface area contributed by atoms with E-state index < -0.39 is 0 Å². The molecule has 2 aromatic rings. The van der Waals surface area contributed by atoms with Gasteiger partial charge in [-0.2, -0.15) is 0 Å². The molecule has 62 valence electrons. The number of fused-ring (bicyclic) bond motifs is 1. The Hall–Kier alpha value is -0.281. The Morgan fingerprint density at radius 3 is 2.58 bits per heavy atom. The van der Waals surface area contributed by atoms with Crippen LogP contribution in [0.15, 0.2) is 6.07 Å². The number of hydrogen-bond donors (Lipinski definition) is 1. The van der Waals surface area contributed by atoms with Crippen molar-refractivity contribution >= 4 is 54.9 Å². The van der Waals surface area contributed by atoms with Gasteiger partial charge in [0.1, 0.15) is 0 Å². The fourth-order valence-corrected chi connectivity index (χ4v) is 2.71. The number of nitrogens with two attached hydrogens (primary N) is 1. The number of nitrogens with zero attached hydrogens (tertiary/aromatic N) is 2. The number of rotatable bonds is 0. The maximum absolute atomic E-state index is 5.86. The topological polar surface area (TPSA) is 51.8 Å². The van der Waals surface area contributed by atoms with Crippen LogP contribution in [-0.2, 0) is 0 Å². The summed E-state index contributed by atoms with van der Waals surface area (Å²) >= 11 is 11.5. The SMILES string of the molecule is Nc1c(Cl)cc(Cl)c2n[se]nc12. The Labute approximate surface area is 84.7 Å². The zero-order valence-electron chi connectivity index (χ0n) is 5.71. The molecule has 1 aromatic carbocycles. The van der Waals surface area contributed by atoms with Crippen molar-refractivity contribution in [2.24, 2.45) is 0 Å². The van der Waals surface area contributed by atoms with E-state index in [1.54, 1.807) is 6.07 Å². The molecule has 12 heavy (non-hydrogen) atoms. The summed E-state index contributed by atoms with van der Waals surface area (Å²) in [5.41, 5.74) is 7.47. The second kappa shape index (κ2) is 2.89. The second-order valence-corrected chi connectivity index (χ2v) is 4.14. The molecule has 0 bridgehead atoms. The molecule has 2 N–H and O–H groups in total. The van der Waals surface area contributed by atoms with Gasteiger partial charge in [0.2, 0.25) is 0 Å². The first-order valence-electron chi connectivity index (χ1n) is 3.06. The predicted octanol–water partition coefficient (Wildman–Crippen LogP) is 1.58. The fraction of sp³-hybridized carbons (Fsp3) is 0. The number of aromatic nitrogens is 2. The molecule has 0 aliphatic rings. The average molecular weight is 267 g/mol. The molecule has 0 aliphatic heterocycles. The number of anilines is 1. The van der Waals surface area contributed by atoms with Gasteiger partial charge in [-0.3, -0.25) is 0 Å². The number of halogens is 2. The molecule has 1 heterocycles. The van der Waals surface area contributed by atoms with Gasteiger partial charge in [-0.1, -0.05) is 0 Å². The minimum absolute atomic E-state index is 0.120. The van der Waals surface area contributed by atoms with Gasteiger partial charge >= 0.3 is 84.7 Å². The molecule has 0 unspecified atom stereocenters. The quantitative estimate of drug-likeness (QED) is 0.582. The van der Waals surface area contributed by atoms with E-state index >= 15 is 0 Å². The first kappa shape index (κ1) is 8.32. The Morgan fingerprint density at radius 1 is 1.17 bits per heavy atom. The zero-order chi connectivity index (χ0) is 8.72. The van der Waals surface area contributed by atoms with Crippen LogP contribution >= 0.6 is 23.2 Å². The Kier molecular flexibility index (Phi) is 2.00. The van der Waals surface area contributed by atoms with Gasteiger partial charge in [0.05, 0.1) is 0 Å². The third-order valence-electron chi connectivity index (χ3n) is 1.48. The van der Waals surface area contributed by atoms with Gasteiger partial charge in [-0.25, -0.2) is 0 Å². The predicted molar refractivity (Wildman–Crippen MR) is 50.9 cm³/mol. The van der Waals surface area contributed by atoms with Crippen LogP contribution in [0.4, 0.5) is 5.69 Å². The van der Waals surface area contributed by atoms with Gasteiger partial charge in [-0.15, -0.1) is 0 Å². The van der Waals surface area contributed by atoms with Crippen molar-refractivity contribution in [1.82, 2.24) is 7.96 Å². The van der Waals surface area contributed by atoms with Gasteiger partial charge in [-0.05, 0) is 0 Å². The third-order valence-corrected chi connectivity index (χ3v) is 3.19. The number of nitrogen functional groups attached to an aromatic ring is 1. The van der Waals surface area contributed by atoms with E-state index in [0.717, 1.165) is 0 Å².